The number of nitriles is 1. The third kappa shape index (κ3) is 1.97. The largest absolute Gasteiger partial charge is 0.317 e. The Kier molecular flexibility index (Phi) is 2.77. The molecule has 0 unspecified atom stereocenters. The van der Waals surface area contributed by atoms with Crippen molar-refractivity contribution in [2.75, 3.05) is 0 Å². The first-order valence-corrected chi connectivity index (χ1v) is 5.70. The molecule has 0 radical (unpaired) electrons. The van der Waals surface area contributed by atoms with E-state index >= 15 is 0 Å². The first kappa shape index (κ1) is 11.5. The van der Waals surface area contributed by atoms with Crippen LogP contribution in [0.1, 0.15) is 28.1 Å². The minimum atomic E-state index is 0.752. The maximum atomic E-state index is 9.05. The van der Waals surface area contributed by atoms with Gasteiger partial charge in [-0.15, -0.1) is 0 Å². The summed E-state index contributed by atoms with van der Waals surface area (Å²) in [5.74, 6) is 0. The minimum Gasteiger partial charge on any atom is -0.317 e. The first-order chi connectivity index (χ1) is 8.02. The molecule has 0 aliphatic rings. The molecule has 0 amide bonds. The standard InChI is InChI=1S/C15H16N2/c1-10-5-11(2)7-15(6-10)17-12(3)8-14(9-16)13(17)4/h5-8H,1-4H3. The average molecular weight is 224 g/mol. The third-order valence-corrected chi connectivity index (χ3v) is 3.02. The van der Waals surface area contributed by atoms with Crippen LogP contribution in [0.5, 0.6) is 0 Å². The van der Waals surface area contributed by atoms with Crippen molar-refractivity contribution in [3.8, 4) is 11.8 Å². The Morgan fingerprint density at radius 1 is 0.941 bits per heavy atom. The molecule has 0 saturated carbocycles. The second kappa shape index (κ2) is 4.10. The molecule has 86 valence electrons. The highest BCUT2D eigenvalue weighted by molar-refractivity contribution is 5.47. The number of benzene rings is 1. The molecule has 0 N–H and O–H groups in total. The Balaban J connectivity index is 2.69. The molecule has 1 heterocycles. The maximum absolute atomic E-state index is 9.05. The van der Waals surface area contributed by atoms with Crippen molar-refractivity contribution in [2.45, 2.75) is 27.7 Å². The highest BCUT2D eigenvalue weighted by atomic mass is 15.0. The normalized spacial score (nSPS) is 10.3. The molecule has 1 aromatic heterocycles. The van der Waals surface area contributed by atoms with Crippen LogP contribution in [-0.2, 0) is 0 Å². The Labute approximate surface area is 102 Å². The minimum absolute atomic E-state index is 0.752. The van der Waals surface area contributed by atoms with E-state index in [1.807, 2.05) is 19.9 Å². The van der Waals surface area contributed by atoms with Gasteiger partial charge in [-0.3, -0.25) is 0 Å². The quantitative estimate of drug-likeness (QED) is 0.727. The molecule has 2 aromatic rings. The van der Waals surface area contributed by atoms with E-state index in [1.165, 1.54) is 11.1 Å². The van der Waals surface area contributed by atoms with E-state index in [-0.39, 0.29) is 0 Å². The van der Waals surface area contributed by atoms with E-state index in [2.05, 4.69) is 42.7 Å². The van der Waals surface area contributed by atoms with Gasteiger partial charge in [0.15, 0.2) is 0 Å². The van der Waals surface area contributed by atoms with E-state index in [0.29, 0.717) is 0 Å². The van der Waals surface area contributed by atoms with E-state index in [9.17, 15) is 0 Å². The number of hydrogen-bond donors (Lipinski definition) is 0. The van der Waals surface area contributed by atoms with Crippen molar-refractivity contribution in [1.82, 2.24) is 4.57 Å². The Hall–Kier alpha value is -2.01. The van der Waals surface area contributed by atoms with Gasteiger partial charge in [-0.1, -0.05) is 6.07 Å². The molecule has 17 heavy (non-hydrogen) atoms. The third-order valence-electron chi connectivity index (χ3n) is 3.02. The van der Waals surface area contributed by atoms with Crippen LogP contribution in [0.25, 0.3) is 5.69 Å². The van der Waals surface area contributed by atoms with Crippen molar-refractivity contribution in [3.63, 3.8) is 0 Å². The lowest BCUT2D eigenvalue weighted by atomic mass is 10.1. The van der Waals surface area contributed by atoms with Gasteiger partial charge in [-0.05, 0) is 57.0 Å². The zero-order valence-electron chi connectivity index (χ0n) is 10.7. The Morgan fingerprint density at radius 3 is 2.00 bits per heavy atom. The summed E-state index contributed by atoms with van der Waals surface area (Å²) in [4.78, 5) is 0. The van der Waals surface area contributed by atoms with Gasteiger partial charge in [-0.25, -0.2) is 0 Å². The summed E-state index contributed by atoms with van der Waals surface area (Å²) >= 11 is 0. The smallest absolute Gasteiger partial charge is 0.101 e. The molecule has 0 spiro atoms. The molecule has 0 atom stereocenters. The number of aromatic nitrogens is 1. The fourth-order valence-electron chi connectivity index (χ4n) is 2.35. The van der Waals surface area contributed by atoms with Crippen molar-refractivity contribution in [3.05, 3.63) is 52.3 Å². The monoisotopic (exact) mass is 224 g/mol. The van der Waals surface area contributed by atoms with Crippen LogP contribution in [0, 0.1) is 39.0 Å². The lowest BCUT2D eigenvalue weighted by Gasteiger charge is -2.11. The Bertz CT molecular complexity index is 592. The van der Waals surface area contributed by atoms with Crippen LogP contribution in [0.3, 0.4) is 0 Å². The van der Waals surface area contributed by atoms with Crippen molar-refractivity contribution >= 4 is 0 Å². The lowest BCUT2D eigenvalue weighted by Crippen LogP contribution is -2.00. The second-order valence-electron chi connectivity index (χ2n) is 4.58. The number of nitrogens with zero attached hydrogens (tertiary/aromatic N) is 2. The van der Waals surface area contributed by atoms with Crippen LogP contribution in [-0.4, -0.2) is 4.57 Å². The molecule has 0 aliphatic carbocycles. The molecular formula is C15H16N2. The summed E-state index contributed by atoms with van der Waals surface area (Å²) in [5, 5.41) is 9.05. The van der Waals surface area contributed by atoms with Crippen LogP contribution < -0.4 is 0 Å². The fraction of sp³-hybridized carbons (Fsp3) is 0.267. The molecule has 0 aliphatic heterocycles. The number of hydrogen-bond acceptors (Lipinski definition) is 1. The molecule has 2 rings (SSSR count). The highest BCUT2D eigenvalue weighted by Crippen LogP contribution is 2.22. The fourth-order valence-corrected chi connectivity index (χ4v) is 2.35. The van der Waals surface area contributed by atoms with E-state index in [4.69, 9.17) is 5.26 Å². The van der Waals surface area contributed by atoms with E-state index < -0.39 is 0 Å². The van der Waals surface area contributed by atoms with Gasteiger partial charge in [0.05, 0.1) is 5.56 Å². The Morgan fingerprint density at radius 2 is 1.53 bits per heavy atom. The van der Waals surface area contributed by atoms with Crippen molar-refractivity contribution in [1.29, 1.82) is 5.26 Å². The van der Waals surface area contributed by atoms with Crippen LogP contribution >= 0.6 is 0 Å². The van der Waals surface area contributed by atoms with Crippen molar-refractivity contribution in [2.24, 2.45) is 0 Å². The molecule has 1 aromatic carbocycles. The number of rotatable bonds is 1. The molecular weight excluding hydrogens is 208 g/mol. The zero-order valence-corrected chi connectivity index (χ0v) is 10.7. The van der Waals surface area contributed by atoms with E-state index in [1.54, 1.807) is 0 Å². The molecule has 2 nitrogen and oxygen atoms in total. The predicted octanol–water partition coefficient (Wildman–Crippen LogP) is 3.58. The van der Waals surface area contributed by atoms with Gasteiger partial charge in [0.1, 0.15) is 6.07 Å². The topological polar surface area (TPSA) is 28.7 Å². The van der Waals surface area contributed by atoms with Crippen molar-refractivity contribution < 1.29 is 0 Å². The summed E-state index contributed by atoms with van der Waals surface area (Å²) in [6, 6.07) is 10.6. The van der Waals surface area contributed by atoms with Crippen LogP contribution in [0.4, 0.5) is 0 Å². The molecule has 0 fully saturated rings. The summed E-state index contributed by atoms with van der Waals surface area (Å²) < 4.78 is 2.14. The predicted molar refractivity (Wildman–Crippen MR) is 69.4 cm³/mol. The van der Waals surface area contributed by atoms with Gasteiger partial charge in [-0.2, -0.15) is 5.26 Å². The zero-order chi connectivity index (χ0) is 12.6. The van der Waals surface area contributed by atoms with Gasteiger partial charge in [0.2, 0.25) is 0 Å². The maximum Gasteiger partial charge on any atom is 0.101 e. The summed E-state index contributed by atoms with van der Waals surface area (Å²) in [6.07, 6.45) is 0. The molecule has 0 saturated heterocycles. The summed E-state index contributed by atoms with van der Waals surface area (Å²) in [5.41, 5.74) is 6.48. The van der Waals surface area contributed by atoms with Gasteiger partial charge in [0, 0.05) is 17.1 Å². The molecule has 0 bridgehead atoms. The summed E-state index contributed by atoms with van der Waals surface area (Å²) in [6.45, 7) is 8.21. The molecule has 2 heteroatoms. The summed E-state index contributed by atoms with van der Waals surface area (Å²) in [7, 11) is 0. The lowest BCUT2D eigenvalue weighted by molar-refractivity contribution is 0.959. The van der Waals surface area contributed by atoms with Crippen LogP contribution in [0.15, 0.2) is 24.3 Å². The highest BCUT2D eigenvalue weighted by Gasteiger charge is 2.10. The van der Waals surface area contributed by atoms with Crippen LogP contribution in [0.2, 0.25) is 0 Å². The van der Waals surface area contributed by atoms with E-state index in [0.717, 1.165) is 22.6 Å². The average Bonchev–Trinajstić information content (AvgIpc) is 2.52. The number of aryl methyl sites for hydroxylation is 3. The SMILES string of the molecule is Cc1cc(C)cc(-n2c(C)cc(C#N)c2C)c1. The first-order valence-electron chi connectivity index (χ1n) is 5.70. The second-order valence-corrected chi connectivity index (χ2v) is 4.58. The van der Waals surface area contributed by atoms with Gasteiger partial charge >= 0.3 is 0 Å². The van der Waals surface area contributed by atoms with Gasteiger partial charge < -0.3 is 4.57 Å². The van der Waals surface area contributed by atoms with Gasteiger partial charge in [0.25, 0.3) is 0 Å².